The van der Waals surface area contributed by atoms with Crippen LogP contribution in [0.1, 0.15) is 52.4 Å². The lowest BCUT2D eigenvalue weighted by Crippen LogP contribution is -2.45. The fourth-order valence-corrected chi connectivity index (χ4v) is 2.35. The van der Waals surface area contributed by atoms with Gasteiger partial charge in [0.1, 0.15) is 0 Å². The predicted molar refractivity (Wildman–Crippen MR) is 61.8 cm³/mol. The van der Waals surface area contributed by atoms with Crippen LogP contribution in [0, 0.1) is 0 Å². The molecule has 3 N–H and O–H groups in total. The summed E-state index contributed by atoms with van der Waals surface area (Å²) in [4.78, 5) is 0. The molecule has 1 aliphatic carbocycles. The van der Waals surface area contributed by atoms with Crippen LogP contribution in [0.3, 0.4) is 0 Å². The number of aliphatic hydroxyl groups excluding tert-OH is 1. The topological polar surface area (TPSA) is 52.5 Å². The average molecular weight is 215 g/mol. The number of rotatable bonds is 5. The van der Waals surface area contributed by atoms with Gasteiger partial charge < -0.3 is 15.5 Å². The zero-order valence-electron chi connectivity index (χ0n) is 10.00. The standard InChI is InChI=1S/C12H25NO2/c1-10(8-11(2)14)13-9-12(15)6-4-3-5-7-12/h10-11,13-15H,3-9H2,1-2H3. The summed E-state index contributed by atoms with van der Waals surface area (Å²) in [6, 6.07) is 0.274. The van der Waals surface area contributed by atoms with Gasteiger partial charge in [-0.05, 0) is 33.1 Å². The Morgan fingerprint density at radius 1 is 1.20 bits per heavy atom. The van der Waals surface area contributed by atoms with Crippen LogP contribution in [-0.2, 0) is 0 Å². The van der Waals surface area contributed by atoms with E-state index in [0.717, 1.165) is 32.1 Å². The molecule has 0 radical (unpaired) electrons. The Balaban J connectivity index is 2.22. The van der Waals surface area contributed by atoms with Gasteiger partial charge in [-0.1, -0.05) is 19.3 Å². The molecular formula is C12H25NO2. The predicted octanol–water partition coefficient (Wildman–Crippen LogP) is 1.43. The van der Waals surface area contributed by atoms with Crippen LogP contribution in [-0.4, -0.2) is 34.5 Å². The van der Waals surface area contributed by atoms with Crippen LogP contribution in [0.5, 0.6) is 0 Å². The highest BCUT2D eigenvalue weighted by Crippen LogP contribution is 2.27. The van der Waals surface area contributed by atoms with E-state index >= 15 is 0 Å². The van der Waals surface area contributed by atoms with Crippen molar-refractivity contribution in [2.45, 2.75) is 70.1 Å². The van der Waals surface area contributed by atoms with Crippen molar-refractivity contribution >= 4 is 0 Å². The Bertz CT molecular complexity index is 176. The van der Waals surface area contributed by atoms with Crippen molar-refractivity contribution in [3.8, 4) is 0 Å². The van der Waals surface area contributed by atoms with Crippen LogP contribution in [0.2, 0.25) is 0 Å². The molecule has 2 atom stereocenters. The average Bonchev–Trinajstić information content (AvgIpc) is 2.15. The highest BCUT2D eigenvalue weighted by atomic mass is 16.3. The minimum atomic E-state index is -0.495. The van der Waals surface area contributed by atoms with E-state index in [1.54, 1.807) is 6.92 Å². The maximum Gasteiger partial charge on any atom is 0.0771 e. The second-order valence-electron chi connectivity index (χ2n) is 5.15. The Morgan fingerprint density at radius 2 is 1.80 bits per heavy atom. The molecule has 0 amide bonds. The summed E-state index contributed by atoms with van der Waals surface area (Å²) >= 11 is 0. The van der Waals surface area contributed by atoms with Crippen LogP contribution >= 0.6 is 0 Å². The molecule has 0 aromatic heterocycles. The third-order valence-electron chi connectivity index (χ3n) is 3.26. The van der Waals surface area contributed by atoms with Crippen molar-refractivity contribution in [3.63, 3.8) is 0 Å². The molecule has 0 spiro atoms. The van der Waals surface area contributed by atoms with E-state index in [-0.39, 0.29) is 12.1 Å². The SMILES string of the molecule is CC(O)CC(C)NCC1(O)CCCCC1. The summed E-state index contributed by atoms with van der Waals surface area (Å²) < 4.78 is 0. The lowest BCUT2D eigenvalue weighted by molar-refractivity contribution is 0.00181. The first-order chi connectivity index (χ1) is 7.02. The molecule has 3 heteroatoms. The zero-order chi connectivity index (χ0) is 11.3. The van der Waals surface area contributed by atoms with Gasteiger partial charge in [-0.25, -0.2) is 0 Å². The number of aliphatic hydroxyl groups is 2. The molecule has 0 aromatic rings. The second kappa shape index (κ2) is 5.83. The van der Waals surface area contributed by atoms with Crippen LogP contribution in [0.15, 0.2) is 0 Å². The van der Waals surface area contributed by atoms with E-state index in [0.29, 0.717) is 6.54 Å². The van der Waals surface area contributed by atoms with Gasteiger partial charge in [0, 0.05) is 12.6 Å². The maximum absolute atomic E-state index is 10.2. The first-order valence-electron chi connectivity index (χ1n) is 6.16. The first kappa shape index (κ1) is 12.9. The largest absolute Gasteiger partial charge is 0.393 e. The minimum Gasteiger partial charge on any atom is -0.393 e. The van der Waals surface area contributed by atoms with Crippen molar-refractivity contribution in [2.24, 2.45) is 0 Å². The van der Waals surface area contributed by atoms with Gasteiger partial charge in [0.25, 0.3) is 0 Å². The van der Waals surface area contributed by atoms with Crippen molar-refractivity contribution in [1.82, 2.24) is 5.32 Å². The molecule has 1 aliphatic rings. The van der Waals surface area contributed by atoms with E-state index in [4.69, 9.17) is 0 Å². The highest BCUT2D eigenvalue weighted by molar-refractivity contribution is 4.85. The molecule has 0 aromatic carbocycles. The van der Waals surface area contributed by atoms with Gasteiger partial charge in [0.05, 0.1) is 11.7 Å². The molecule has 0 heterocycles. The lowest BCUT2D eigenvalue weighted by atomic mass is 9.84. The molecule has 0 saturated heterocycles. The minimum absolute atomic E-state index is 0.270. The Labute approximate surface area is 92.9 Å². The van der Waals surface area contributed by atoms with E-state index in [1.807, 2.05) is 0 Å². The molecular weight excluding hydrogens is 190 g/mol. The molecule has 0 bridgehead atoms. The highest BCUT2D eigenvalue weighted by Gasteiger charge is 2.29. The van der Waals surface area contributed by atoms with Gasteiger partial charge in [0.15, 0.2) is 0 Å². The summed E-state index contributed by atoms with van der Waals surface area (Å²) in [5.41, 5.74) is -0.495. The molecule has 90 valence electrons. The number of nitrogens with one attached hydrogen (secondary N) is 1. The molecule has 0 aliphatic heterocycles. The van der Waals surface area contributed by atoms with Crippen LogP contribution in [0.25, 0.3) is 0 Å². The molecule has 2 unspecified atom stereocenters. The summed E-state index contributed by atoms with van der Waals surface area (Å²) in [7, 11) is 0. The number of hydrogen-bond donors (Lipinski definition) is 3. The van der Waals surface area contributed by atoms with Gasteiger partial charge >= 0.3 is 0 Å². The zero-order valence-corrected chi connectivity index (χ0v) is 10.00. The molecule has 1 saturated carbocycles. The summed E-state index contributed by atoms with van der Waals surface area (Å²) in [6.45, 7) is 4.52. The summed E-state index contributed by atoms with van der Waals surface area (Å²) in [5, 5.41) is 22.8. The van der Waals surface area contributed by atoms with Gasteiger partial charge in [-0.3, -0.25) is 0 Å². The van der Waals surface area contributed by atoms with Gasteiger partial charge in [0.2, 0.25) is 0 Å². The molecule has 1 rings (SSSR count). The van der Waals surface area contributed by atoms with E-state index < -0.39 is 5.60 Å². The second-order valence-corrected chi connectivity index (χ2v) is 5.15. The third kappa shape index (κ3) is 4.96. The van der Waals surface area contributed by atoms with Crippen LogP contribution < -0.4 is 5.32 Å². The molecule has 3 nitrogen and oxygen atoms in total. The molecule has 1 fully saturated rings. The Hall–Kier alpha value is -0.120. The maximum atomic E-state index is 10.2. The van der Waals surface area contributed by atoms with Crippen molar-refractivity contribution in [2.75, 3.05) is 6.54 Å². The Morgan fingerprint density at radius 3 is 2.33 bits per heavy atom. The summed E-state index contributed by atoms with van der Waals surface area (Å²) in [6.07, 6.45) is 5.85. The third-order valence-corrected chi connectivity index (χ3v) is 3.26. The normalized spacial score (nSPS) is 24.8. The van der Waals surface area contributed by atoms with E-state index in [1.165, 1.54) is 6.42 Å². The van der Waals surface area contributed by atoms with Crippen molar-refractivity contribution in [3.05, 3.63) is 0 Å². The van der Waals surface area contributed by atoms with Gasteiger partial charge in [-0.2, -0.15) is 0 Å². The monoisotopic (exact) mass is 215 g/mol. The molecule has 15 heavy (non-hydrogen) atoms. The smallest absolute Gasteiger partial charge is 0.0771 e. The van der Waals surface area contributed by atoms with Gasteiger partial charge in [-0.15, -0.1) is 0 Å². The Kier molecular flexibility index (Phi) is 5.03. The van der Waals surface area contributed by atoms with E-state index in [9.17, 15) is 10.2 Å². The summed E-state index contributed by atoms with van der Waals surface area (Å²) in [5.74, 6) is 0. The lowest BCUT2D eigenvalue weighted by Gasteiger charge is -2.33. The number of hydrogen-bond acceptors (Lipinski definition) is 3. The van der Waals surface area contributed by atoms with Crippen molar-refractivity contribution in [1.29, 1.82) is 0 Å². The fourth-order valence-electron chi connectivity index (χ4n) is 2.35. The first-order valence-corrected chi connectivity index (χ1v) is 6.16. The quantitative estimate of drug-likeness (QED) is 0.650. The van der Waals surface area contributed by atoms with E-state index in [2.05, 4.69) is 12.2 Å². The van der Waals surface area contributed by atoms with Crippen LogP contribution in [0.4, 0.5) is 0 Å². The van der Waals surface area contributed by atoms with Crippen molar-refractivity contribution < 1.29 is 10.2 Å². The fraction of sp³-hybridized carbons (Fsp3) is 1.00.